The van der Waals surface area contributed by atoms with Gasteiger partial charge in [-0.05, 0) is 68.5 Å². The molecule has 2 aromatic carbocycles. The third kappa shape index (κ3) is 7.66. The van der Waals surface area contributed by atoms with E-state index in [4.69, 9.17) is 4.74 Å². The highest BCUT2D eigenvalue weighted by Crippen LogP contribution is 2.24. The number of hydrogen-bond acceptors (Lipinski definition) is 3. The van der Waals surface area contributed by atoms with E-state index in [2.05, 4.69) is 26.1 Å². The van der Waals surface area contributed by atoms with Gasteiger partial charge >= 0.3 is 0 Å². The quantitative estimate of drug-likeness (QED) is 0.668. The predicted molar refractivity (Wildman–Crippen MR) is 125 cm³/mol. The van der Waals surface area contributed by atoms with Crippen LogP contribution in [0.25, 0.3) is 0 Å². The van der Waals surface area contributed by atoms with E-state index in [9.17, 15) is 14.0 Å². The first-order chi connectivity index (χ1) is 14.8. The largest absolute Gasteiger partial charge is 0.484 e. The van der Waals surface area contributed by atoms with Crippen LogP contribution in [0.4, 0.5) is 4.39 Å². The maximum absolute atomic E-state index is 13.3. The lowest BCUT2D eigenvalue weighted by Gasteiger charge is -2.31. The zero-order valence-electron chi connectivity index (χ0n) is 20.2. The van der Waals surface area contributed by atoms with E-state index in [0.29, 0.717) is 5.75 Å². The third-order valence-corrected chi connectivity index (χ3v) is 5.01. The molecule has 0 aliphatic rings. The Morgan fingerprint density at radius 3 is 2.03 bits per heavy atom. The molecule has 0 fully saturated rings. The third-order valence-electron chi connectivity index (χ3n) is 5.01. The summed E-state index contributed by atoms with van der Waals surface area (Å²) in [6.45, 7) is 13.7. The minimum absolute atomic E-state index is 0.0240. The van der Waals surface area contributed by atoms with Gasteiger partial charge in [-0.15, -0.1) is 0 Å². The van der Waals surface area contributed by atoms with E-state index in [1.54, 1.807) is 19.1 Å². The maximum Gasteiger partial charge on any atom is 0.261 e. The van der Waals surface area contributed by atoms with Crippen molar-refractivity contribution in [2.45, 2.75) is 72.0 Å². The molecule has 0 saturated carbocycles. The summed E-state index contributed by atoms with van der Waals surface area (Å²) in [6.07, 6.45) is 0. The zero-order chi connectivity index (χ0) is 24.1. The van der Waals surface area contributed by atoms with Gasteiger partial charge in [0.25, 0.3) is 5.91 Å². The van der Waals surface area contributed by atoms with Crippen molar-refractivity contribution in [2.24, 2.45) is 0 Å². The molecule has 0 heterocycles. The summed E-state index contributed by atoms with van der Waals surface area (Å²) in [7, 11) is 0. The number of hydrogen-bond donors (Lipinski definition) is 1. The molecule has 0 radical (unpaired) electrons. The van der Waals surface area contributed by atoms with Crippen molar-refractivity contribution in [2.75, 3.05) is 6.61 Å². The van der Waals surface area contributed by atoms with Crippen LogP contribution in [0.15, 0.2) is 48.5 Å². The molecule has 5 nitrogen and oxygen atoms in total. The van der Waals surface area contributed by atoms with E-state index in [1.165, 1.54) is 22.6 Å². The van der Waals surface area contributed by atoms with Crippen LogP contribution in [0.5, 0.6) is 5.75 Å². The number of carbonyl (C=O) groups is 2. The molecular formula is C26H35FN2O3. The van der Waals surface area contributed by atoms with Crippen LogP contribution in [0.1, 0.15) is 59.6 Å². The average molecular weight is 443 g/mol. The molecule has 2 amide bonds. The van der Waals surface area contributed by atoms with Crippen molar-refractivity contribution in [3.63, 3.8) is 0 Å². The molecule has 0 aliphatic heterocycles. The SMILES string of the molecule is CC(C(=O)NC(C)(C)C)N(Cc1ccc(F)cc1)C(=O)COc1ccc(C(C)(C)C)cc1. The number of ether oxygens (including phenoxy) is 1. The Kier molecular flexibility index (Phi) is 8.05. The van der Waals surface area contributed by atoms with Crippen LogP contribution < -0.4 is 10.1 Å². The fourth-order valence-electron chi connectivity index (χ4n) is 3.12. The van der Waals surface area contributed by atoms with Crippen LogP contribution in [0, 0.1) is 5.82 Å². The van der Waals surface area contributed by atoms with Gasteiger partial charge in [-0.25, -0.2) is 4.39 Å². The Labute approximate surface area is 191 Å². The summed E-state index contributed by atoms with van der Waals surface area (Å²) in [5, 5.41) is 2.91. The molecule has 0 saturated heterocycles. The highest BCUT2D eigenvalue weighted by molar-refractivity contribution is 5.88. The Morgan fingerprint density at radius 1 is 0.969 bits per heavy atom. The highest BCUT2D eigenvalue weighted by Gasteiger charge is 2.28. The lowest BCUT2D eigenvalue weighted by atomic mass is 9.87. The fraction of sp³-hybridized carbons (Fsp3) is 0.462. The van der Waals surface area contributed by atoms with E-state index in [1.807, 2.05) is 45.0 Å². The molecule has 2 rings (SSSR count). The van der Waals surface area contributed by atoms with Crippen LogP contribution in [-0.4, -0.2) is 34.9 Å². The van der Waals surface area contributed by atoms with Crippen molar-refractivity contribution in [1.29, 1.82) is 0 Å². The summed E-state index contributed by atoms with van der Waals surface area (Å²) >= 11 is 0. The number of amides is 2. The van der Waals surface area contributed by atoms with Gasteiger partial charge in [0.2, 0.25) is 5.91 Å². The lowest BCUT2D eigenvalue weighted by Crippen LogP contribution is -2.53. The van der Waals surface area contributed by atoms with Crippen molar-refractivity contribution in [1.82, 2.24) is 10.2 Å². The number of rotatable bonds is 7. The second-order valence-corrected chi connectivity index (χ2v) is 10.1. The van der Waals surface area contributed by atoms with Gasteiger partial charge < -0.3 is 15.0 Å². The summed E-state index contributed by atoms with van der Waals surface area (Å²) < 4.78 is 19.0. The Hall–Kier alpha value is -2.89. The first kappa shape index (κ1) is 25.4. The summed E-state index contributed by atoms with van der Waals surface area (Å²) in [5.74, 6) is -0.361. The topological polar surface area (TPSA) is 58.6 Å². The molecule has 1 atom stereocenters. The van der Waals surface area contributed by atoms with E-state index < -0.39 is 11.6 Å². The molecule has 1 unspecified atom stereocenters. The molecule has 0 aromatic heterocycles. The maximum atomic E-state index is 13.3. The van der Waals surface area contributed by atoms with Gasteiger partial charge in [0.1, 0.15) is 17.6 Å². The van der Waals surface area contributed by atoms with Crippen molar-refractivity contribution in [3.05, 3.63) is 65.5 Å². The number of nitrogens with one attached hydrogen (secondary N) is 1. The predicted octanol–water partition coefficient (Wildman–Crippen LogP) is 4.83. The second kappa shape index (κ2) is 10.2. The van der Waals surface area contributed by atoms with Crippen molar-refractivity contribution < 1.29 is 18.7 Å². The molecule has 1 N–H and O–H groups in total. The minimum Gasteiger partial charge on any atom is -0.484 e. The molecule has 2 aromatic rings. The van der Waals surface area contributed by atoms with Crippen LogP contribution >= 0.6 is 0 Å². The number of benzene rings is 2. The van der Waals surface area contributed by atoms with Crippen LogP contribution in [-0.2, 0) is 21.5 Å². The Bertz CT molecular complexity index is 910. The van der Waals surface area contributed by atoms with E-state index in [-0.39, 0.29) is 36.2 Å². The first-order valence-corrected chi connectivity index (χ1v) is 10.9. The van der Waals surface area contributed by atoms with Gasteiger partial charge in [0, 0.05) is 12.1 Å². The second-order valence-electron chi connectivity index (χ2n) is 10.1. The smallest absolute Gasteiger partial charge is 0.261 e. The first-order valence-electron chi connectivity index (χ1n) is 10.9. The van der Waals surface area contributed by atoms with Gasteiger partial charge in [0.05, 0.1) is 0 Å². The Morgan fingerprint density at radius 2 is 1.53 bits per heavy atom. The van der Waals surface area contributed by atoms with Crippen molar-refractivity contribution >= 4 is 11.8 Å². The molecule has 0 spiro atoms. The molecule has 174 valence electrons. The molecule has 6 heteroatoms. The van der Waals surface area contributed by atoms with Crippen LogP contribution in [0.2, 0.25) is 0 Å². The lowest BCUT2D eigenvalue weighted by molar-refractivity contribution is -0.142. The van der Waals surface area contributed by atoms with Gasteiger partial charge in [0.15, 0.2) is 6.61 Å². The highest BCUT2D eigenvalue weighted by atomic mass is 19.1. The molecule has 0 bridgehead atoms. The van der Waals surface area contributed by atoms with E-state index in [0.717, 1.165) is 5.56 Å². The van der Waals surface area contributed by atoms with Crippen molar-refractivity contribution in [3.8, 4) is 5.75 Å². The zero-order valence-corrected chi connectivity index (χ0v) is 20.2. The normalized spacial score (nSPS) is 12.8. The minimum atomic E-state index is -0.723. The van der Waals surface area contributed by atoms with Gasteiger partial charge in [-0.1, -0.05) is 45.0 Å². The molecule has 32 heavy (non-hydrogen) atoms. The van der Waals surface area contributed by atoms with Crippen LogP contribution in [0.3, 0.4) is 0 Å². The summed E-state index contributed by atoms with van der Waals surface area (Å²) in [5.41, 5.74) is 1.49. The number of carbonyl (C=O) groups excluding carboxylic acids is 2. The number of nitrogens with zero attached hydrogens (tertiary/aromatic N) is 1. The number of halogens is 1. The summed E-state index contributed by atoms with van der Waals surface area (Å²) in [4.78, 5) is 27.3. The standard InChI is InChI=1S/C26H35FN2O3/c1-18(24(31)28-26(5,6)7)29(16-19-8-12-21(27)13-9-19)23(30)17-32-22-14-10-20(11-15-22)25(2,3)4/h8-15,18H,16-17H2,1-7H3,(H,28,31). The Balaban J connectivity index is 2.15. The monoisotopic (exact) mass is 442 g/mol. The average Bonchev–Trinajstić information content (AvgIpc) is 2.69. The molecule has 0 aliphatic carbocycles. The summed E-state index contributed by atoms with van der Waals surface area (Å²) in [6, 6.07) is 12.8. The van der Waals surface area contributed by atoms with E-state index >= 15 is 0 Å². The van der Waals surface area contributed by atoms with Gasteiger partial charge in [-0.3, -0.25) is 9.59 Å². The van der Waals surface area contributed by atoms with Gasteiger partial charge in [-0.2, -0.15) is 0 Å². The molecular weight excluding hydrogens is 407 g/mol. The fourth-order valence-corrected chi connectivity index (χ4v) is 3.12.